The van der Waals surface area contributed by atoms with E-state index in [-0.39, 0.29) is 25.0 Å². The second-order valence-corrected chi connectivity index (χ2v) is 5.33. The first-order valence-corrected chi connectivity index (χ1v) is 7.25. The van der Waals surface area contributed by atoms with Crippen LogP contribution in [0.2, 0.25) is 0 Å². The summed E-state index contributed by atoms with van der Waals surface area (Å²) >= 11 is 0. The van der Waals surface area contributed by atoms with Crippen molar-refractivity contribution in [3.63, 3.8) is 0 Å². The summed E-state index contributed by atoms with van der Waals surface area (Å²) in [6, 6.07) is 10.1. The Balaban J connectivity index is 2.25. The van der Waals surface area contributed by atoms with Crippen molar-refractivity contribution in [1.82, 2.24) is 10.2 Å². The summed E-state index contributed by atoms with van der Waals surface area (Å²) in [7, 11) is 0. The Kier molecular flexibility index (Phi) is 7.46. The second kappa shape index (κ2) is 9.13. The minimum atomic E-state index is -0.916. The SMILES string of the molecule is CC(C)N(CC(=O)O)CC(=O)NCCCc1ccccc1. The summed E-state index contributed by atoms with van der Waals surface area (Å²) in [6.07, 6.45) is 1.79. The highest BCUT2D eigenvalue weighted by Crippen LogP contribution is 2.01. The van der Waals surface area contributed by atoms with E-state index >= 15 is 0 Å². The zero-order chi connectivity index (χ0) is 15.7. The molecule has 0 unspecified atom stereocenters. The van der Waals surface area contributed by atoms with Gasteiger partial charge in [-0.25, -0.2) is 0 Å². The molecule has 0 heterocycles. The molecule has 21 heavy (non-hydrogen) atoms. The first-order chi connectivity index (χ1) is 9.99. The number of carbonyl (C=O) groups is 2. The fourth-order valence-electron chi connectivity index (χ4n) is 2.00. The number of hydrogen-bond donors (Lipinski definition) is 2. The van der Waals surface area contributed by atoms with Crippen LogP contribution >= 0.6 is 0 Å². The van der Waals surface area contributed by atoms with Gasteiger partial charge in [-0.15, -0.1) is 0 Å². The van der Waals surface area contributed by atoms with Crippen LogP contribution in [0.25, 0.3) is 0 Å². The van der Waals surface area contributed by atoms with E-state index in [9.17, 15) is 9.59 Å². The lowest BCUT2D eigenvalue weighted by atomic mass is 10.1. The summed E-state index contributed by atoms with van der Waals surface area (Å²) in [5.74, 6) is -1.04. The number of benzene rings is 1. The van der Waals surface area contributed by atoms with E-state index in [0.29, 0.717) is 6.54 Å². The minimum absolute atomic E-state index is 0.0242. The standard InChI is InChI=1S/C16H24N2O3/c1-13(2)18(12-16(20)21)11-15(19)17-10-6-9-14-7-4-3-5-8-14/h3-5,7-8,13H,6,9-12H2,1-2H3,(H,17,19)(H,20,21). The van der Waals surface area contributed by atoms with Crippen molar-refractivity contribution in [2.45, 2.75) is 32.7 Å². The monoisotopic (exact) mass is 292 g/mol. The summed E-state index contributed by atoms with van der Waals surface area (Å²) < 4.78 is 0. The van der Waals surface area contributed by atoms with Crippen LogP contribution in [0.5, 0.6) is 0 Å². The van der Waals surface area contributed by atoms with Gasteiger partial charge in [0.15, 0.2) is 0 Å². The molecule has 0 aliphatic carbocycles. The van der Waals surface area contributed by atoms with Crippen LogP contribution in [-0.2, 0) is 16.0 Å². The normalized spacial score (nSPS) is 10.9. The minimum Gasteiger partial charge on any atom is -0.480 e. The number of hydrogen-bond acceptors (Lipinski definition) is 3. The van der Waals surface area contributed by atoms with Crippen LogP contribution < -0.4 is 5.32 Å². The molecule has 5 nitrogen and oxygen atoms in total. The maximum Gasteiger partial charge on any atom is 0.317 e. The molecular formula is C16H24N2O3. The maximum absolute atomic E-state index is 11.8. The third-order valence-electron chi connectivity index (χ3n) is 3.22. The Labute approximate surface area is 126 Å². The molecule has 0 saturated carbocycles. The molecule has 116 valence electrons. The van der Waals surface area contributed by atoms with E-state index < -0.39 is 5.97 Å². The maximum atomic E-state index is 11.8. The Bertz CT molecular complexity index is 446. The molecule has 0 aromatic heterocycles. The number of carbonyl (C=O) groups excluding carboxylic acids is 1. The van der Waals surface area contributed by atoms with Crippen molar-refractivity contribution < 1.29 is 14.7 Å². The zero-order valence-corrected chi connectivity index (χ0v) is 12.7. The highest BCUT2D eigenvalue weighted by atomic mass is 16.4. The lowest BCUT2D eigenvalue weighted by molar-refractivity contribution is -0.139. The highest BCUT2D eigenvalue weighted by molar-refractivity contribution is 5.79. The first kappa shape index (κ1) is 17.2. The summed E-state index contributed by atoms with van der Waals surface area (Å²) in [5, 5.41) is 11.7. The van der Waals surface area contributed by atoms with Crippen LogP contribution in [0.3, 0.4) is 0 Å². The summed E-state index contributed by atoms with van der Waals surface area (Å²) in [6.45, 7) is 4.37. The fourth-order valence-corrected chi connectivity index (χ4v) is 2.00. The largest absolute Gasteiger partial charge is 0.480 e. The van der Waals surface area contributed by atoms with Gasteiger partial charge in [-0.05, 0) is 32.3 Å². The van der Waals surface area contributed by atoms with E-state index in [1.54, 1.807) is 4.90 Å². The average Bonchev–Trinajstić information content (AvgIpc) is 2.43. The van der Waals surface area contributed by atoms with Gasteiger partial charge in [-0.2, -0.15) is 0 Å². The van der Waals surface area contributed by atoms with Crippen molar-refractivity contribution in [3.8, 4) is 0 Å². The van der Waals surface area contributed by atoms with Crippen LogP contribution in [0.4, 0.5) is 0 Å². The predicted octanol–water partition coefficient (Wildman–Crippen LogP) is 1.53. The molecule has 0 saturated heterocycles. The number of nitrogens with zero attached hydrogens (tertiary/aromatic N) is 1. The third kappa shape index (κ3) is 7.46. The molecule has 0 aliphatic rings. The van der Waals surface area contributed by atoms with Crippen LogP contribution in [-0.4, -0.2) is 47.6 Å². The van der Waals surface area contributed by atoms with Gasteiger partial charge in [0.05, 0.1) is 13.1 Å². The molecule has 1 rings (SSSR count). The third-order valence-corrected chi connectivity index (χ3v) is 3.22. The quantitative estimate of drug-likeness (QED) is 0.677. The predicted molar refractivity (Wildman–Crippen MR) is 82.1 cm³/mol. The number of rotatable bonds is 9. The molecule has 0 radical (unpaired) electrons. The number of nitrogens with one attached hydrogen (secondary N) is 1. The number of amides is 1. The zero-order valence-electron chi connectivity index (χ0n) is 12.7. The number of carboxylic acid groups (broad SMARTS) is 1. The number of aryl methyl sites for hydroxylation is 1. The van der Waals surface area contributed by atoms with Crippen molar-refractivity contribution in [2.75, 3.05) is 19.6 Å². The molecule has 0 bridgehead atoms. The molecule has 1 aromatic rings. The Morgan fingerprint density at radius 1 is 1.19 bits per heavy atom. The molecule has 0 aliphatic heterocycles. The molecular weight excluding hydrogens is 268 g/mol. The Hall–Kier alpha value is -1.88. The number of aliphatic carboxylic acids is 1. The topological polar surface area (TPSA) is 69.6 Å². The van der Waals surface area contributed by atoms with Gasteiger partial charge >= 0.3 is 5.97 Å². The molecule has 1 amide bonds. The highest BCUT2D eigenvalue weighted by Gasteiger charge is 2.16. The van der Waals surface area contributed by atoms with E-state index in [0.717, 1.165) is 12.8 Å². The molecule has 5 heteroatoms. The van der Waals surface area contributed by atoms with Crippen LogP contribution in [0.1, 0.15) is 25.8 Å². The smallest absolute Gasteiger partial charge is 0.317 e. The van der Waals surface area contributed by atoms with E-state index in [2.05, 4.69) is 17.4 Å². The van der Waals surface area contributed by atoms with Gasteiger partial charge < -0.3 is 10.4 Å². The second-order valence-electron chi connectivity index (χ2n) is 5.33. The van der Waals surface area contributed by atoms with Crippen molar-refractivity contribution in [3.05, 3.63) is 35.9 Å². The van der Waals surface area contributed by atoms with E-state index in [4.69, 9.17) is 5.11 Å². The van der Waals surface area contributed by atoms with Crippen molar-refractivity contribution >= 4 is 11.9 Å². The van der Waals surface area contributed by atoms with Crippen molar-refractivity contribution in [1.29, 1.82) is 0 Å². The fraction of sp³-hybridized carbons (Fsp3) is 0.500. The molecule has 2 N–H and O–H groups in total. The van der Waals surface area contributed by atoms with Crippen LogP contribution in [0, 0.1) is 0 Å². The molecule has 0 fully saturated rings. The van der Waals surface area contributed by atoms with Gasteiger partial charge in [0, 0.05) is 12.6 Å². The van der Waals surface area contributed by atoms with E-state index in [1.165, 1.54) is 5.56 Å². The van der Waals surface area contributed by atoms with Gasteiger partial charge in [-0.3, -0.25) is 14.5 Å². The van der Waals surface area contributed by atoms with Gasteiger partial charge in [0.2, 0.25) is 5.91 Å². The van der Waals surface area contributed by atoms with E-state index in [1.807, 2.05) is 32.0 Å². The summed E-state index contributed by atoms with van der Waals surface area (Å²) in [5.41, 5.74) is 1.25. The van der Waals surface area contributed by atoms with Crippen molar-refractivity contribution in [2.24, 2.45) is 0 Å². The Morgan fingerprint density at radius 3 is 2.43 bits per heavy atom. The molecule has 0 atom stereocenters. The summed E-state index contributed by atoms with van der Waals surface area (Å²) in [4.78, 5) is 24.2. The molecule has 0 spiro atoms. The van der Waals surface area contributed by atoms with Crippen LogP contribution in [0.15, 0.2) is 30.3 Å². The van der Waals surface area contributed by atoms with Gasteiger partial charge in [-0.1, -0.05) is 30.3 Å². The Morgan fingerprint density at radius 2 is 1.86 bits per heavy atom. The first-order valence-electron chi connectivity index (χ1n) is 7.25. The van der Waals surface area contributed by atoms with Gasteiger partial charge in [0.25, 0.3) is 0 Å². The molecule has 1 aromatic carbocycles. The lowest BCUT2D eigenvalue weighted by Crippen LogP contribution is -2.43. The number of carboxylic acids is 1. The lowest BCUT2D eigenvalue weighted by Gasteiger charge is -2.23. The average molecular weight is 292 g/mol. The van der Waals surface area contributed by atoms with Gasteiger partial charge in [0.1, 0.15) is 0 Å².